The molecule has 1 N–H and O–H groups in total. The molecular weight excluding hydrogens is 200 g/mol. The first-order valence-corrected chi connectivity index (χ1v) is 6.68. The van der Waals surface area contributed by atoms with E-state index in [1.165, 1.54) is 12.8 Å². The van der Waals surface area contributed by atoms with Gasteiger partial charge in [0.2, 0.25) is 5.91 Å². The first kappa shape index (κ1) is 13.5. The minimum atomic E-state index is -0.304. The summed E-state index contributed by atoms with van der Waals surface area (Å²) in [4.78, 5) is 14.4. The highest BCUT2D eigenvalue weighted by Gasteiger charge is 2.36. The Bertz CT molecular complexity index is 222. The minimum Gasteiger partial charge on any atom is -0.341 e. The molecule has 1 aliphatic rings. The lowest BCUT2D eigenvalue weighted by molar-refractivity contribution is -0.138. The zero-order valence-electron chi connectivity index (χ0n) is 11.0. The number of piperidine rings is 1. The van der Waals surface area contributed by atoms with E-state index in [9.17, 15) is 4.79 Å². The number of nitrogens with one attached hydrogen (secondary N) is 1. The third-order valence-corrected chi connectivity index (χ3v) is 3.54. The van der Waals surface area contributed by atoms with Crippen LogP contribution < -0.4 is 5.32 Å². The van der Waals surface area contributed by atoms with E-state index < -0.39 is 0 Å². The van der Waals surface area contributed by atoms with Gasteiger partial charge in [-0.05, 0) is 46.1 Å². The van der Waals surface area contributed by atoms with Crippen LogP contribution in [0.2, 0.25) is 0 Å². The van der Waals surface area contributed by atoms with Gasteiger partial charge in [-0.1, -0.05) is 13.3 Å². The highest BCUT2D eigenvalue weighted by atomic mass is 16.2. The van der Waals surface area contributed by atoms with E-state index in [0.29, 0.717) is 5.91 Å². The summed E-state index contributed by atoms with van der Waals surface area (Å²) in [6, 6.07) is 0. The average Bonchev–Trinajstić information content (AvgIpc) is 2.31. The molecule has 1 heterocycles. The minimum absolute atomic E-state index is 0.295. The van der Waals surface area contributed by atoms with Crippen molar-refractivity contribution in [2.24, 2.45) is 0 Å². The smallest absolute Gasteiger partial charge is 0.242 e. The summed E-state index contributed by atoms with van der Waals surface area (Å²) in [5.41, 5.74) is -0.304. The third kappa shape index (κ3) is 3.21. The second kappa shape index (κ2) is 6.24. The predicted octanol–water partition coefficient (Wildman–Crippen LogP) is 2.17. The van der Waals surface area contributed by atoms with Crippen LogP contribution in [0.15, 0.2) is 0 Å². The van der Waals surface area contributed by atoms with Crippen LogP contribution in [0.1, 0.15) is 52.9 Å². The number of nitrogens with zero attached hydrogens (tertiary/aromatic N) is 1. The predicted molar refractivity (Wildman–Crippen MR) is 67.4 cm³/mol. The zero-order chi connectivity index (χ0) is 12.0. The molecule has 1 fully saturated rings. The lowest BCUT2D eigenvalue weighted by Crippen LogP contribution is -2.58. The second-order valence-electron chi connectivity index (χ2n) is 4.95. The normalized spacial score (nSPS) is 25.4. The Morgan fingerprint density at radius 3 is 2.62 bits per heavy atom. The number of amides is 1. The summed E-state index contributed by atoms with van der Waals surface area (Å²) in [6.07, 6.45) is 5.60. The second-order valence-corrected chi connectivity index (χ2v) is 4.95. The van der Waals surface area contributed by atoms with Gasteiger partial charge in [0.25, 0.3) is 0 Å². The highest BCUT2D eigenvalue weighted by Crippen LogP contribution is 2.21. The summed E-state index contributed by atoms with van der Waals surface area (Å²) in [7, 11) is 0. The van der Waals surface area contributed by atoms with Crippen molar-refractivity contribution in [2.75, 3.05) is 19.6 Å². The van der Waals surface area contributed by atoms with Crippen LogP contribution in [-0.4, -0.2) is 36.0 Å². The van der Waals surface area contributed by atoms with Crippen molar-refractivity contribution < 1.29 is 4.79 Å². The topological polar surface area (TPSA) is 32.3 Å². The standard InChI is InChI=1S/C13H26N2O/c1-4-6-11-15(5-2)12(16)13(3)9-7-8-10-14-13/h14H,4-11H2,1-3H3. The van der Waals surface area contributed by atoms with Crippen LogP contribution in [0.4, 0.5) is 0 Å². The van der Waals surface area contributed by atoms with Gasteiger partial charge in [-0.25, -0.2) is 0 Å². The van der Waals surface area contributed by atoms with E-state index in [0.717, 1.165) is 38.9 Å². The summed E-state index contributed by atoms with van der Waals surface area (Å²) < 4.78 is 0. The molecule has 0 aromatic heterocycles. The van der Waals surface area contributed by atoms with Crippen LogP contribution in [-0.2, 0) is 4.79 Å². The van der Waals surface area contributed by atoms with Gasteiger partial charge in [-0.15, -0.1) is 0 Å². The van der Waals surface area contributed by atoms with E-state index >= 15 is 0 Å². The molecule has 16 heavy (non-hydrogen) atoms. The van der Waals surface area contributed by atoms with Crippen molar-refractivity contribution in [3.05, 3.63) is 0 Å². The molecule has 1 unspecified atom stereocenters. The zero-order valence-corrected chi connectivity index (χ0v) is 11.0. The quantitative estimate of drug-likeness (QED) is 0.779. The highest BCUT2D eigenvalue weighted by molar-refractivity contribution is 5.86. The molecule has 1 amide bonds. The molecular formula is C13H26N2O. The van der Waals surface area contributed by atoms with E-state index in [2.05, 4.69) is 26.1 Å². The van der Waals surface area contributed by atoms with Crippen molar-refractivity contribution in [3.8, 4) is 0 Å². The Labute approximate surface area is 99.6 Å². The Morgan fingerprint density at radius 1 is 1.38 bits per heavy atom. The average molecular weight is 226 g/mol. The monoisotopic (exact) mass is 226 g/mol. The van der Waals surface area contributed by atoms with Gasteiger partial charge >= 0.3 is 0 Å². The molecule has 94 valence electrons. The first-order valence-electron chi connectivity index (χ1n) is 6.68. The van der Waals surface area contributed by atoms with Gasteiger partial charge in [0.1, 0.15) is 0 Å². The lowest BCUT2D eigenvalue weighted by atomic mass is 9.89. The maximum absolute atomic E-state index is 12.4. The van der Waals surface area contributed by atoms with Gasteiger partial charge < -0.3 is 10.2 Å². The molecule has 0 radical (unpaired) electrons. The Morgan fingerprint density at radius 2 is 2.12 bits per heavy atom. The van der Waals surface area contributed by atoms with E-state index in [-0.39, 0.29) is 5.54 Å². The molecule has 3 heteroatoms. The van der Waals surface area contributed by atoms with Gasteiger partial charge in [-0.2, -0.15) is 0 Å². The van der Waals surface area contributed by atoms with Crippen LogP contribution in [0, 0.1) is 0 Å². The number of hydrogen-bond acceptors (Lipinski definition) is 2. The number of hydrogen-bond donors (Lipinski definition) is 1. The fourth-order valence-electron chi connectivity index (χ4n) is 2.34. The van der Waals surface area contributed by atoms with E-state index in [1.54, 1.807) is 0 Å². The van der Waals surface area contributed by atoms with Crippen LogP contribution in [0.5, 0.6) is 0 Å². The van der Waals surface area contributed by atoms with Crippen molar-refractivity contribution in [2.45, 2.75) is 58.4 Å². The number of likely N-dealkylation sites (N-methyl/N-ethyl adjacent to an activating group) is 1. The Balaban J connectivity index is 2.58. The number of rotatable bonds is 5. The van der Waals surface area contributed by atoms with E-state index in [4.69, 9.17) is 0 Å². The number of carbonyl (C=O) groups is 1. The molecule has 0 spiro atoms. The molecule has 0 aromatic rings. The molecule has 0 aliphatic carbocycles. The molecule has 1 aliphatic heterocycles. The van der Waals surface area contributed by atoms with Crippen molar-refractivity contribution in [1.82, 2.24) is 10.2 Å². The SMILES string of the molecule is CCCCN(CC)C(=O)C1(C)CCCCN1. The Hall–Kier alpha value is -0.570. The van der Waals surface area contributed by atoms with Gasteiger partial charge in [-0.3, -0.25) is 4.79 Å². The largest absolute Gasteiger partial charge is 0.341 e. The molecule has 1 saturated heterocycles. The molecule has 0 saturated carbocycles. The van der Waals surface area contributed by atoms with Gasteiger partial charge in [0, 0.05) is 13.1 Å². The third-order valence-electron chi connectivity index (χ3n) is 3.54. The molecule has 3 nitrogen and oxygen atoms in total. The maximum Gasteiger partial charge on any atom is 0.242 e. The van der Waals surface area contributed by atoms with Crippen molar-refractivity contribution >= 4 is 5.91 Å². The summed E-state index contributed by atoms with van der Waals surface area (Å²) >= 11 is 0. The summed E-state index contributed by atoms with van der Waals surface area (Å²) in [5.74, 6) is 0.295. The fourth-order valence-corrected chi connectivity index (χ4v) is 2.34. The Kier molecular flexibility index (Phi) is 5.26. The van der Waals surface area contributed by atoms with Crippen LogP contribution in [0.25, 0.3) is 0 Å². The van der Waals surface area contributed by atoms with E-state index in [1.807, 2.05) is 4.90 Å². The molecule has 1 atom stereocenters. The molecule has 0 aromatic carbocycles. The fraction of sp³-hybridized carbons (Fsp3) is 0.923. The van der Waals surface area contributed by atoms with Gasteiger partial charge in [0.05, 0.1) is 5.54 Å². The number of unbranched alkanes of at least 4 members (excludes halogenated alkanes) is 1. The van der Waals surface area contributed by atoms with Crippen molar-refractivity contribution in [3.63, 3.8) is 0 Å². The molecule has 1 rings (SSSR count). The summed E-state index contributed by atoms with van der Waals surface area (Å²) in [5, 5.41) is 3.40. The maximum atomic E-state index is 12.4. The number of carbonyl (C=O) groups excluding carboxylic acids is 1. The van der Waals surface area contributed by atoms with Gasteiger partial charge in [0.15, 0.2) is 0 Å². The van der Waals surface area contributed by atoms with Crippen molar-refractivity contribution in [1.29, 1.82) is 0 Å². The lowest BCUT2D eigenvalue weighted by Gasteiger charge is -2.37. The first-order chi connectivity index (χ1) is 7.64. The van der Waals surface area contributed by atoms with Crippen LogP contribution >= 0.6 is 0 Å². The summed E-state index contributed by atoms with van der Waals surface area (Å²) in [6.45, 7) is 9.01. The van der Waals surface area contributed by atoms with Crippen LogP contribution in [0.3, 0.4) is 0 Å². The molecule has 0 bridgehead atoms.